The van der Waals surface area contributed by atoms with E-state index in [4.69, 9.17) is 21.8 Å². The fraction of sp³-hybridized carbons (Fsp3) is 0.500. The van der Waals surface area contributed by atoms with Crippen LogP contribution in [0.4, 0.5) is 0 Å². The van der Waals surface area contributed by atoms with Crippen molar-refractivity contribution >= 4 is 17.4 Å². The van der Waals surface area contributed by atoms with Gasteiger partial charge in [0.25, 0.3) is 0 Å². The molecule has 2 N–H and O–H groups in total. The molecule has 3 nitrogen and oxygen atoms in total. The van der Waals surface area contributed by atoms with Crippen LogP contribution in [0.2, 0.25) is 5.02 Å². The second-order valence-electron chi connectivity index (χ2n) is 3.58. The van der Waals surface area contributed by atoms with E-state index in [-0.39, 0.29) is 12.3 Å². The minimum atomic E-state index is -0.197. The molecule has 14 heavy (non-hydrogen) atoms. The number of hydrogen-bond acceptors (Lipinski definition) is 3. The van der Waals surface area contributed by atoms with E-state index in [1.54, 1.807) is 6.07 Å². The van der Waals surface area contributed by atoms with Gasteiger partial charge < -0.3 is 10.2 Å². The summed E-state index contributed by atoms with van der Waals surface area (Å²) in [7, 11) is 0. The zero-order valence-corrected chi connectivity index (χ0v) is 8.51. The summed E-state index contributed by atoms with van der Waals surface area (Å²) >= 11 is 5.97. The van der Waals surface area contributed by atoms with Crippen molar-refractivity contribution in [1.29, 1.82) is 0 Å². The number of halogens is 1. The van der Waals surface area contributed by atoms with Crippen LogP contribution in [-0.4, -0.2) is 12.3 Å². The second-order valence-corrected chi connectivity index (χ2v) is 3.99. The van der Waals surface area contributed by atoms with Gasteiger partial charge in [0, 0.05) is 12.0 Å². The Morgan fingerprint density at radius 3 is 2.86 bits per heavy atom. The lowest BCUT2D eigenvalue weighted by molar-refractivity contribution is 0.0971. The number of ketones is 1. The maximum atomic E-state index is 11.2. The first kappa shape index (κ1) is 9.74. The number of carbonyl (C=O) groups is 1. The summed E-state index contributed by atoms with van der Waals surface area (Å²) in [5.74, 6) is 1.26. The van der Waals surface area contributed by atoms with Crippen LogP contribution in [0.5, 0.6) is 0 Å². The normalized spacial score (nSPS) is 16.7. The van der Waals surface area contributed by atoms with Gasteiger partial charge in [0.2, 0.25) is 5.78 Å². The molecule has 0 atom stereocenters. The van der Waals surface area contributed by atoms with Crippen molar-refractivity contribution in [3.8, 4) is 0 Å². The topological polar surface area (TPSA) is 56.2 Å². The standard InChI is InChI=1S/C10H12ClNO2/c11-7-4-9(8(13)5-12)14-10(7)6-2-1-3-6/h4,6H,1-3,5,12H2. The molecule has 1 fully saturated rings. The van der Waals surface area contributed by atoms with Crippen LogP contribution in [0.25, 0.3) is 0 Å². The highest BCUT2D eigenvalue weighted by Crippen LogP contribution is 2.41. The Kier molecular flexibility index (Phi) is 2.61. The van der Waals surface area contributed by atoms with Gasteiger partial charge in [0.1, 0.15) is 5.76 Å². The second kappa shape index (κ2) is 3.75. The summed E-state index contributed by atoms with van der Waals surface area (Å²) < 4.78 is 5.41. The van der Waals surface area contributed by atoms with Gasteiger partial charge in [-0.15, -0.1) is 0 Å². The van der Waals surface area contributed by atoms with Crippen molar-refractivity contribution in [1.82, 2.24) is 0 Å². The zero-order valence-electron chi connectivity index (χ0n) is 7.75. The Morgan fingerprint density at radius 2 is 2.36 bits per heavy atom. The minimum absolute atomic E-state index is 0.0338. The molecule has 2 rings (SSSR count). The van der Waals surface area contributed by atoms with Crippen molar-refractivity contribution in [3.63, 3.8) is 0 Å². The predicted octanol–water partition coefficient (Wildman–Crippen LogP) is 2.34. The molecule has 0 amide bonds. The number of carbonyl (C=O) groups excluding carboxylic acids is 1. The monoisotopic (exact) mass is 213 g/mol. The summed E-state index contributed by atoms with van der Waals surface area (Å²) in [5.41, 5.74) is 5.23. The van der Waals surface area contributed by atoms with E-state index < -0.39 is 0 Å². The molecule has 4 heteroatoms. The molecular formula is C10H12ClNO2. The molecule has 0 spiro atoms. The largest absolute Gasteiger partial charge is 0.456 e. The van der Waals surface area contributed by atoms with Crippen LogP contribution in [0.3, 0.4) is 0 Å². The lowest BCUT2D eigenvalue weighted by Gasteiger charge is -2.23. The first-order chi connectivity index (χ1) is 6.72. The fourth-order valence-electron chi connectivity index (χ4n) is 1.57. The summed E-state index contributed by atoms with van der Waals surface area (Å²) in [5, 5.41) is 0.562. The van der Waals surface area contributed by atoms with Crippen LogP contribution >= 0.6 is 11.6 Å². The molecular weight excluding hydrogens is 202 g/mol. The quantitative estimate of drug-likeness (QED) is 0.785. The van der Waals surface area contributed by atoms with Gasteiger partial charge in [0.15, 0.2) is 5.76 Å². The van der Waals surface area contributed by atoms with Crippen molar-refractivity contribution < 1.29 is 9.21 Å². The highest BCUT2D eigenvalue weighted by Gasteiger charge is 2.26. The Hall–Kier alpha value is -0.800. The maximum Gasteiger partial charge on any atom is 0.211 e. The molecule has 0 radical (unpaired) electrons. The van der Waals surface area contributed by atoms with E-state index in [1.165, 1.54) is 6.42 Å². The van der Waals surface area contributed by atoms with E-state index >= 15 is 0 Å². The number of Topliss-reactive ketones (excluding diaryl/α,β-unsaturated/α-hetero) is 1. The Labute approximate surface area is 87.2 Å². The van der Waals surface area contributed by atoms with Crippen molar-refractivity contribution in [2.75, 3.05) is 6.54 Å². The summed E-state index contributed by atoms with van der Waals surface area (Å²) in [6.45, 7) is -0.0338. The molecule has 0 unspecified atom stereocenters. The fourth-order valence-corrected chi connectivity index (χ4v) is 1.86. The Bertz CT molecular complexity index is 355. The minimum Gasteiger partial charge on any atom is -0.456 e. The predicted molar refractivity (Wildman–Crippen MR) is 53.7 cm³/mol. The van der Waals surface area contributed by atoms with E-state index in [2.05, 4.69) is 0 Å². The molecule has 1 aromatic rings. The number of nitrogens with two attached hydrogens (primary N) is 1. The highest BCUT2D eigenvalue weighted by molar-refractivity contribution is 6.31. The van der Waals surface area contributed by atoms with Crippen LogP contribution in [0.1, 0.15) is 41.5 Å². The first-order valence-corrected chi connectivity index (χ1v) is 5.12. The summed E-state index contributed by atoms with van der Waals surface area (Å²) in [4.78, 5) is 11.2. The van der Waals surface area contributed by atoms with Crippen LogP contribution in [0, 0.1) is 0 Å². The van der Waals surface area contributed by atoms with Gasteiger partial charge in [-0.25, -0.2) is 0 Å². The van der Waals surface area contributed by atoms with Crippen molar-refractivity contribution in [2.45, 2.75) is 25.2 Å². The van der Waals surface area contributed by atoms with Gasteiger partial charge in [-0.1, -0.05) is 18.0 Å². The highest BCUT2D eigenvalue weighted by atomic mass is 35.5. The average molecular weight is 214 g/mol. The Morgan fingerprint density at radius 1 is 1.64 bits per heavy atom. The molecule has 1 aliphatic carbocycles. The van der Waals surface area contributed by atoms with Crippen LogP contribution in [-0.2, 0) is 0 Å². The smallest absolute Gasteiger partial charge is 0.211 e. The number of hydrogen-bond donors (Lipinski definition) is 1. The molecule has 0 saturated heterocycles. The molecule has 76 valence electrons. The maximum absolute atomic E-state index is 11.2. The van der Waals surface area contributed by atoms with Gasteiger partial charge in [0.05, 0.1) is 11.6 Å². The lowest BCUT2D eigenvalue weighted by Crippen LogP contribution is -2.12. The molecule has 0 bridgehead atoms. The molecule has 1 aromatic heterocycles. The third-order valence-electron chi connectivity index (χ3n) is 2.65. The lowest BCUT2D eigenvalue weighted by atomic mass is 9.84. The molecule has 1 aliphatic rings. The van der Waals surface area contributed by atoms with Crippen molar-refractivity contribution in [3.05, 3.63) is 22.6 Å². The van der Waals surface area contributed by atoms with Gasteiger partial charge in [-0.3, -0.25) is 4.79 Å². The van der Waals surface area contributed by atoms with Crippen LogP contribution in [0.15, 0.2) is 10.5 Å². The van der Waals surface area contributed by atoms with Crippen molar-refractivity contribution in [2.24, 2.45) is 5.73 Å². The van der Waals surface area contributed by atoms with Gasteiger partial charge in [-0.05, 0) is 12.8 Å². The molecule has 0 aromatic carbocycles. The third kappa shape index (κ3) is 1.57. The molecule has 1 heterocycles. The third-order valence-corrected chi connectivity index (χ3v) is 2.94. The van der Waals surface area contributed by atoms with E-state index in [1.807, 2.05) is 0 Å². The molecule has 0 aliphatic heterocycles. The zero-order chi connectivity index (χ0) is 10.1. The van der Waals surface area contributed by atoms with E-state index in [0.717, 1.165) is 18.6 Å². The summed E-state index contributed by atoms with van der Waals surface area (Å²) in [6, 6.07) is 1.57. The van der Waals surface area contributed by atoms with Crippen LogP contribution < -0.4 is 5.73 Å². The summed E-state index contributed by atoms with van der Waals surface area (Å²) in [6.07, 6.45) is 3.41. The number of furan rings is 1. The van der Waals surface area contributed by atoms with E-state index in [9.17, 15) is 4.79 Å². The van der Waals surface area contributed by atoms with E-state index in [0.29, 0.717) is 16.7 Å². The average Bonchev–Trinajstić information content (AvgIpc) is 2.44. The van der Waals surface area contributed by atoms with Gasteiger partial charge >= 0.3 is 0 Å². The number of rotatable bonds is 3. The van der Waals surface area contributed by atoms with Gasteiger partial charge in [-0.2, -0.15) is 0 Å². The molecule has 1 saturated carbocycles. The first-order valence-electron chi connectivity index (χ1n) is 4.75. The SMILES string of the molecule is NCC(=O)c1cc(Cl)c(C2CCC2)o1. The Balaban J connectivity index is 2.24.